The number of hydrogen-bond donors (Lipinski definition) is 0. The third-order valence-corrected chi connectivity index (χ3v) is 3.56. The van der Waals surface area contributed by atoms with E-state index in [-0.39, 0.29) is 0 Å². The van der Waals surface area contributed by atoms with Crippen LogP contribution in [0.1, 0.15) is 83.3 Å². The van der Waals surface area contributed by atoms with Crippen molar-refractivity contribution in [3.8, 4) is 5.75 Å². The minimum absolute atomic E-state index is 0.518. The smallest absolute Gasteiger partial charge is 0.126 e. The van der Waals surface area contributed by atoms with Crippen LogP contribution < -0.4 is 4.74 Å². The van der Waals surface area contributed by atoms with Crippen LogP contribution >= 0.6 is 0 Å². The molecule has 1 aromatic carbocycles. The Labute approximate surface area is 119 Å². The molecule has 19 heavy (non-hydrogen) atoms. The number of unbranched alkanes of at least 4 members (excludes halogenated alkanes) is 3. The fourth-order valence-corrected chi connectivity index (χ4v) is 2.35. The van der Waals surface area contributed by atoms with Crippen LogP contribution in [0.25, 0.3) is 0 Å². The molecular formula is C18H30O. The molecule has 0 saturated carbocycles. The summed E-state index contributed by atoms with van der Waals surface area (Å²) in [6.45, 7) is 12.1. The monoisotopic (exact) mass is 262 g/mol. The number of ether oxygens (including phenoxy) is 1. The van der Waals surface area contributed by atoms with E-state index in [1.807, 2.05) is 0 Å². The van der Waals surface area contributed by atoms with Gasteiger partial charge in [0.25, 0.3) is 0 Å². The molecule has 0 bridgehead atoms. The Balaban J connectivity index is 2.77. The van der Waals surface area contributed by atoms with Gasteiger partial charge in [0.1, 0.15) is 5.75 Å². The third kappa shape index (κ3) is 4.89. The quantitative estimate of drug-likeness (QED) is 0.530. The van der Waals surface area contributed by atoms with Crippen LogP contribution in [-0.2, 0) is 0 Å². The minimum Gasteiger partial charge on any atom is -0.493 e. The first-order valence-corrected chi connectivity index (χ1v) is 7.83. The summed E-state index contributed by atoms with van der Waals surface area (Å²) in [5.41, 5.74) is 2.70. The van der Waals surface area contributed by atoms with E-state index in [2.05, 4.69) is 52.8 Å². The highest BCUT2D eigenvalue weighted by molar-refractivity contribution is 5.44. The maximum absolute atomic E-state index is 6.14. The van der Waals surface area contributed by atoms with E-state index in [1.54, 1.807) is 0 Å². The zero-order valence-corrected chi connectivity index (χ0v) is 13.3. The second kappa shape index (κ2) is 8.24. The minimum atomic E-state index is 0.518. The Morgan fingerprint density at radius 2 is 1.47 bits per heavy atom. The number of benzene rings is 1. The molecule has 108 valence electrons. The van der Waals surface area contributed by atoms with Crippen LogP contribution in [0.15, 0.2) is 18.2 Å². The van der Waals surface area contributed by atoms with E-state index < -0.39 is 0 Å². The molecule has 0 atom stereocenters. The molecule has 0 aliphatic rings. The van der Waals surface area contributed by atoms with E-state index in [0.29, 0.717) is 11.8 Å². The van der Waals surface area contributed by atoms with Gasteiger partial charge in [0.05, 0.1) is 6.61 Å². The van der Waals surface area contributed by atoms with Crippen LogP contribution in [0.4, 0.5) is 0 Å². The lowest BCUT2D eigenvalue weighted by Gasteiger charge is -2.20. The summed E-state index contributed by atoms with van der Waals surface area (Å²) in [7, 11) is 0. The molecule has 0 fully saturated rings. The van der Waals surface area contributed by atoms with Gasteiger partial charge in [-0.15, -0.1) is 0 Å². The second-order valence-corrected chi connectivity index (χ2v) is 5.98. The number of hydrogen-bond acceptors (Lipinski definition) is 1. The van der Waals surface area contributed by atoms with E-state index in [0.717, 1.165) is 18.8 Å². The molecule has 0 heterocycles. The van der Waals surface area contributed by atoms with Crippen molar-refractivity contribution in [1.29, 1.82) is 0 Å². The van der Waals surface area contributed by atoms with Crippen molar-refractivity contribution < 1.29 is 4.74 Å². The lowest BCUT2D eigenvalue weighted by molar-refractivity contribution is 0.297. The third-order valence-electron chi connectivity index (χ3n) is 3.56. The molecular weight excluding hydrogens is 232 g/mol. The first kappa shape index (κ1) is 16.1. The summed E-state index contributed by atoms with van der Waals surface area (Å²) >= 11 is 0. The van der Waals surface area contributed by atoms with E-state index >= 15 is 0 Å². The zero-order valence-electron chi connectivity index (χ0n) is 13.3. The Kier molecular flexibility index (Phi) is 6.97. The van der Waals surface area contributed by atoms with Crippen LogP contribution in [0.5, 0.6) is 5.75 Å². The molecule has 1 aromatic rings. The van der Waals surface area contributed by atoms with E-state index in [9.17, 15) is 0 Å². The zero-order chi connectivity index (χ0) is 14.3. The first-order chi connectivity index (χ1) is 9.07. The van der Waals surface area contributed by atoms with Gasteiger partial charge in [-0.2, -0.15) is 0 Å². The van der Waals surface area contributed by atoms with Gasteiger partial charge in [-0.1, -0.05) is 72.1 Å². The number of rotatable bonds is 8. The van der Waals surface area contributed by atoms with Gasteiger partial charge in [0.2, 0.25) is 0 Å². The largest absolute Gasteiger partial charge is 0.493 e. The average molecular weight is 262 g/mol. The van der Waals surface area contributed by atoms with Crippen molar-refractivity contribution in [3.05, 3.63) is 29.3 Å². The molecule has 1 nitrogen and oxygen atoms in total. The standard InChI is InChI=1S/C18H30O/c1-6-7-8-9-13-19-18-16(14(2)3)11-10-12-17(18)15(4)5/h10-12,14-15H,6-9,13H2,1-5H3. The average Bonchev–Trinajstić information content (AvgIpc) is 2.38. The Morgan fingerprint density at radius 1 is 0.895 bits per heavy atom. The topological polar surface area (TPSA) is 9.23 Å². The normalized spacial score (nSPS) is 11.3. The van der Waals surface area contributed by atoms with Gasteiger partial charge in [-0.05, 0) is 29.4 Å². The predicted molar refractivity (Wildman–Crippen MR) is 84.3 cm³/mol. The van der Waals surface area contributed by atoms with Gasteiger partial charge in [0, 0.05) is 0 Å². The molecule has 1 rings (SSSR count). The Hall–Kier alpha value is -0.980. The highest BCUT2D eigenvalue weighted by Crippen LogP contribution is 2.34. The predicted octanol–water partition coefficient (Wildman–Crippen LogP) is 5.89. The van der Waals surface area contributed by atoms with Crippen molar-refractivity contribution in [3.63, 3.8) is 0 Å². The van der Waals surface area contributed by atoms with Crippen LogP contribution in [0.3, 0.4) is 0 Å². The summed E-state index contributed by atoms with van der Waals surface area (Å²) in [4.78, 5) is 0. The Morgan fingerprint density at radius 3 is 1.95 bits per heavy atom. The van der Waals surface area contributed by atoms with Gasteiger partial charge >= 0.3 is 0 Å². The number of para-hydroxylation sites is 1. The Bertz CT molecular complexity index is 340. The lowest BCUT2D eigenvalue weighted by atomic mass is 9.94. The van der Waals surface area contributed by atoms with Gasteiger partial charge in [0.15, 0.2) is 0 Å². The van der Waals surface area contributed by atoms with Gasteiger partial charge < -0.3 is 4.74 Å². The van der Waals surface area contributed by atoms with Gasteiger partial charge in [-0.3, -0.25) is 0 Å². The summed E-state index contributed by atoms with van der Waals surface area (Å²) in [5, 5.41) is 0. The molecule has 0 spiro atoms. The molecule has 0 saturated heterocycles. The van der Waals surface area contributed by atoms with E-state index in [1.165, 1.54) is 30.4 Å². The van der Waals surface area contributed by atoms with E-state index in [4.69, 9.17) is 4.74 Å². The van der Waals surface area contributed by atoms with Gasteiger partial charge in [-0.25, -0.2) is 0 Å². The highest BCUT2D eigenvalue weighted by atomic mass is 16.5. The maximum atomic E-state index is 6.14. The maximum Gasteiger partial charge on any atom is 0.126 e. The molecule has 0 amide bonds. The van der Waals surface area contributed by atoms with Crippen molar-refractivity contribution >= 4 is 0 Å². The SMILES string of the molecule is CCCCCCOc1c(C(C)C)cccc1C(C)C. The fourth-order valence-electron chi connectivity index (χ4n) is 2.35. The molecule has 0 aliphatic heterocycles. The summed E-state index contributed by atoms with van der Waals surface area (Å²) < 4.78 is 6.14. The van der Waals surface area contributed by atoms with Crippen molar-refractivity contribution in [1.82, 2.24) is 0 Å². The second-order valence-electron chi connectivity index (χ2n) is 5.98. The summed E-state index contributed by atoms with van der Waals surface area (Å²) in [6, 6.07) is 6.57. The fraction of sp³-hybridized carbons (Fsp3) is 0.667. The summed E-state index contributed by atoms with van der Waals surface area (Å²) in [6.07, 6.45) is 5.03. The lowest BCUT2D eigenvalue weighted by Crippen LogP contribution is -2.05. The van der Waals surface area contributed by atoms with Crippen molar-refractivity contribution in [2.75, 3.05) is 6.61 Å². The van der Waals surface area contributed by atoms with Crippen LogP contribution in [-0.4, -0.2) is 6.61 Å². The van der Waals surface area contributed by atoms with Crippen LogP contribution in [0.2, 0.25) is 0 Å². The molecule has 0 aromatic heterocycles. The molecule has 0 aliphatic carbocycles. The van der Waals surface area contributed by atoms with Crippen LogP contribution in [0, 0.1) is 0 Å². The molecule has 1 heteroatoms. The first-order valence-electron chi connectivity index (χ1n) is 7.83. The van der Waals surface area contributed by atoms with Crippen molar-refractivity contribution in [2.45, 2.75) is 72.1 Å². The van der Waals surface area contributed by atoms with Crippen molar-refractivity contribution in [2.24, 2.45) is 0 Å². The molecule has 0 N–H and O–H groups in total. The summed E-state index contributed by atoms with van der Waals surface area (Å²) in [5.74, 6) is 2.18. The molecule has 0 unspecified atom stereocenters. The molecule has 0 radical (unpaired) electrons. The highest BCUT2D eigenvalue weighted by Gasteiger charge is 2.14.